The van der Waals surface area contributed by atoms with Gasteiger partial charge in [0, 0.05) is 12.3 Å². The van der Waals surface area contributed by atoms with Crippen LogP contribution in [0.1, 0.15) is 99.3 Å². The molecule has 9 atom stereocenters. The fraction of sp³-hybridized carbons (Fsp3) is 0.893. The maximum Gasteiger partial charge on any atom is 0.137 e. The Morgan fingerprint density at radius 2 is 1.69 bits per heavy atom. The third-order valence-electron chi connectivity index (χ3n) is 11.0. The van der Waals surface area contributed by atoms with E-state index in [1.807, 2.05) is 0 Å². The van der Waals surface area contributed by atoms with E-state index >= 15 is 0 Å². The van der Waals surface area contributed by atoms with Crippen molar-refractivity contribution in [1.29, 1.82) is 0 Å². The number of allylic oxidation sites excluding steroid dienone is 2. The van der Waals surface area contributed by atoms with Crippen LogP contribution in [0.2, 0.25) is 0 Å². The highest BCUT2D eigenvalue weighted by molar-refractivity contribution is 5.83. The van der Waals surface area contributed by atoms with E-state index in [9.17, 15) is 4.79 Å². The fourth-order valence-corrected chi connectivity index (χ4v) is 8.69. The molecule has 4 aliphatic carbocycles. The summed E-state index contributed by atoms with van der Waals surface area (Å²) in [6.45, 7) is 14.8. The third-order valence-corrected chi connectivity index (χ3v) is 11.0. The number of Topliss-reactive ketones (excluding diaryl/α,β-unsaturated/α-hetero) is 1. The second-order valence-corrected chi connectivity index (χ2v) is 12.5. The maximum atomic E-state index is 13.2. The number of carbonyl (C=O) groups excluding carboxylic acids is 1. The molecule has 4 aliphatic rings. The van der Waals surface area contributed by atoms with Crippen LogP contribution in [0, 0.1) is 58.2 Å². The standard InChI is InChI=1S/C28H46O/c1-18(2)19(3)10-11-20(4)22-12-13-23-21-17-26(29)25-9-7-8-15-27(25,5)24(21)14-16-28(22,23)6/h7-8,18-25H,9-17H2,1-6H3/t19-,20-,21+,22-,23+,24+,25?,27-,28-/m1/s1. The van der Waals surface area contributed by atoms with Crippen LogP contribution in [0.3, 0.4) is 0 Å². The van der Waals surface area contributed by atoms with E-state index in [1.54, 1.807) is 0 Å². The highest BCUT2D eigenvalue weighted by atomic mass is 16.1. The van der Waals surface area contributed by atoms with E-state index in [0.29, 0.717) is 23.0 Å². The van der Waals surface area contributed by atoms with Crippen LogP contribution in [-0.4, -0.2) is 5.78 Å². The lowest BCUT2D eigenvalue weighted by Crippen LogP contribution is -2.55. The Bertz CT molecular complexity index is 647. The molecule has 0 saturated heterocycles. The minimum atomic E-state index is 0.243. The molecule has 0 aromatic rings. The predicted molar refractivity (Wildman–Crippen MR) is 123 cm³/mol. The van der Waals surface area contributed by atoms with Gasteiger partial charge in [-0.05, 0) is 90.8 Å². The molecular weight excluding hydrogens is 352 g/mol. The second-order valence-electron chi connectivity index (χ2n) is 12.5. The first kappa shape index (κ1) is 21.6. The van der Waals surface area contributed by atoms with Crippen LogP contribution in [0.15, 0.2) is 12.2 Å². The van der Waals surface area contributed by atoms with Gasteiger partial charge in [-0.3, -0.25) is 4.79 Å². The molecule has 0 aliphatic heterocycles. The van der Waals surface area contributed by atoms with Crippen molar-refractivity contribution in [2.75, 3.05) is 0 Å². The highest BCUT2D eigenvalue weighted by Gasteiger charge is 2.61. The third kappa shape index (κ3) is 3.47. The van der Waals surface area contributed by atoms with Gasteiger partial charge in [-0.15, -0.1) is 0 Å². The number of ketones is 1. The van der Waals surface area contributed by atoms with Crippen molar-refractivity contribution in [3.05, 3.63) is 12.2 Å². The smallest absolute Gasteiger partial charge is 0.137 e. The van der Waals surface area contributed by atoms with Crippen LogP contribution in [-0.2, 0) is 4.79 Å². The fourth-order valence-electron chi connectivity index (χ4n) is 8.69. The molecule has 29 heavy (non-hydrogen) atoms. The molecule has 0 aromatic heterocycles. The summed E-state index contributed by atoms with van der Waals surface area (Å²) in [5.74, 6) is 6.51. The van der Waals surface area contributed by atoms with Crippen molar-refractivity contribution in [3.8, 4) is 0 Å². The van der Waals surface area contributed by atoms with E-state index in [-0.39, 0.29) is 5.41 Å². The molecule has 164 valence electrons. The quantitative estimate of drug-likeness (QED) is 0.434. The molecule has 0 N–H and O–H groups in total. The largest absolute Gasteiger partial charge is 0.299 e. The number of carbonyl (C=O) groups is 1. The number of hydrogen-bond acceptors (Lipinski definition) is 1. The topological polar surface area (TPSA) is 17.1 Å². The molecule has 4 rings (SSSR count). The Labute approximate surface area is 180 Å². The average Bonchev–Trinajstić information content (AvgIpc) is 3.03. The number of rotatable bonds is 5. The Balaban J connectivity index is 1.51. The Hall–Kier alpha value is -0.590. The van der Waals surface area contributed by atoms with Crippen LogP contribution in [0.25, 0.3) is 0 Å². The normalized spacial score (nSPS) is 46.2. The second kappa shape index (κ2) is 7.83. The van der Waals surface area contributed by atoms with Gasteiger partial charge in [0.05, 0.1) is 0 Å². The summed E-state index contributed by atoms with van der Waals surface area (Å²) < 4.78 is 0. The maximum absolute atomic E-state index is 13.2. The summed E-state index contributed by atoms with van der Waals surface area (Å²) in [6.07, 6.45) is 16.1. The van der Waals surface area contributed by atoms with Crippen molar-refractivity contribution in [2.45, 2.75) is 99.3 Å². The molecular formula is C28H46O. The van der Waals surface area contributed by atoms with Crippen LogP contribution >= 0.6 is 0 Å². The molecule has 1 nitrogen and oxygen atoms in total. The summed E-state index contributed by atoms with van der Waals surface area (Å²) in [6, 6.07) is 0. The molecule has 0 spiro atoms. The first-order valence-corrected chi connectivity index (χ1v) is 12.9. The molecule has 3 saturated carbocycles. The van der Waals surface area contributed by atoms with Crippen LogP contribution in [0.4, 0.5) is 0 Å². The summed E-state index contributed by atoms with van der Waals surface area (Å²) in [5.41, 5.74) is 0.724. The summed E-state index contributed by atoms with van der Waals surface area (Å²) in [7, 11) is 0. The molecule has 3 fully saturated rings. The lowest BCUT2D eigenvalue weighted by molar-refractivity contribution is -0.149. The first-order chi connectivity index (χ1) is 13.7. The van der Waals surface area contributed by atoms with Crippen molar-refractivity contribution in [2.24, 2.45) is 58.2 Å². The predicted octanol–water partition coefficient (Wildman–Crippen LogP) is 7.70. The minimum Gasteiger partial charge on any atom is -0.299 e. The Morgan fingerprint density at radius 1 is 0.966 bits per heavy atom. The van der Waals surface area contributed by atoms with Gasteiger partial charge in [0.25, 0.3) is 0 Å². The van der Waals surface area contributed by atoms with Gasteiger partial charge in [0.2, 0.25) is 0 Å². The molecule has 1 heteroatoms. The monoisotopic (exact) mass is 398 g/mol. The highest BCUT2D eigenvalue weighted by Crippen LogP contribution is 2.67. The van der Waals surface area contributed by atoms with Gasteiger partial charge in [0.1, 0.15) is 5.78 Å². The Kier molecular flexibility index (Phi) is 5.84. The van der Waals surface area contributed by atoms with E-state index in [0.717, 1.165) is 54.8 Å². The molecule has 0 bridgehead atoms. The SMILES string of the molecule is CC(C)[C@H](C)CC[C@@H](C)[C@H]1CC[C@H]2[C@@H]3CC(=O)C4CC=CC[C@]4(C)[C@H]3CC[C@]12C. The van der Waals surface area contributed by atoms with Gasteiger partial charge < -0.3 is 0 Å². The van der Waals surface area contributed by atoms with Crippen molar-refractivity contribution >= 4 is 5.78 Å². The molecule has 0 heterocycles. The lowest BCUT2D eigenvalue weighted by Gasteiger charge is -2.59. The lowest BCUT2D eigenvalue weighted by atomic mass is 9.45. The molecule has 0 aromatic carbocycles. The van der Waals surface area contributed by atoms with Crippen molar-refractivity contribution < 1.29 is 4.79 Å². The average molecular weight is 399 g/mol. The zero-order valence-electron chi connectivity index (χ0n) is 20.0. The van der Waals surface area contributed by atoms with Crippen molar-refractivity contribution in [1.82, 2.24) is 0 Å². The van der Waals surface area contributed by atoms with Gasteiger partial charge in [-0.25, -0.2) is 0 Å². The van der Waals surface area contributed by atoms with E-state index in [4.69, 9.17) is 0 Å². The zero-order chi connectivity index (χ0) is 21.0. The summed E-state index contributed by atoms with van der Waals surface area (Å²) >= 11 is 0. The van der Waals surface area contributed by atoms with Gasteiger partial charge in [-0.1, -0.05) is 66.5 Å². The van der Waals surface area contributed by atoms with Gasteiger partial charge in [-0.2, -0.15) is 0 Å². The van der Waals surface area contributed by atoms with Crippen LogP contribution in [0.5, 0.6) is 0 Å². The molecule has 0 radical (unpaired) electrons. The van der Waals surface area contributed by atoms with E-state index < -0.39 is 0 Å². The van der Waals surface area contributed by atoms with Gasteiger partial charge in [0.15, 0.2) is 0 Å². The summed E-state index contributed by atoms with van der Waals surface area (Å²) in [4.78, 5) is 13.2. The van der Waals surface area contributed by atoms with Crippen molar-refractivity contribution in [3.63, 3.8) is 0 Å². The number of fused-ring (bicyclic) bond motifs is 5. The molecule has 0 amide bonds. The Morgan fingerprint density at radius 3 is 2.41 bits per heavy atom. The first-order valence-electron chi connectivity index (χ1n) is 12.9. The van der Waals surface area contributed by atoms with E-state index in [1.165, 1.54) is 38.5 Å². The van der Waals surface area contributed by atoms with Crippen LogP contribution < -0.4 is 0 Å². The summed E-state index contributed by atoms with van der Waals surface area (Å²) in [5, 5.41) is 0. The van der Waals surface area contributed by atoms with Gasteiger partial charge >= 0.3 is 0 Å². The van der Waals surface area contributed by atoms with E-state index in [2.05, 4.69) is 53.7 Å². The minimum absolute atomic E-state index is 0.243. The molecule has 1 unspecified atom stereocenters. The number of hydrogen-bond donors (Lipinski definition) is 0. The zero-order valence-corrected chi connectivity index (χ0v) is 20.0.